The fourth-order valence-electron chi connectivity index (χ4n) is 4.80. The Balaban J connectivity index is 1.35. The van der Waals surface area contributed by atoms with E-state index in [-0.39, 0.29) is 39.7 Å². The zero-order valence-electron chi connectivity index (χ0n) is 24.9. The summed E-state index contributed by atoms with van der Waals surface area (Å²) in [5, 5.41) is 6.10. The smallest absolute Gasteiger partial charge is 0.280 e. The summed E-state index contributed by atoms with van der Waals surface area (Å²) >= 11 is 1.21. The van der Waals surface area contributed by atoms with Gasteiger partial charge in [-0.05, 0) is 60.2 Å². The second kappa shape index (κ2) is 13.1. The van der Waals surface area contributed by atoms with Gasteiger partial charge in [0.1, 0.15) is 17.6 Å². The maximum Gasteiger partial charge on any atom is 0.280 e. The summed E-state index contributed by atoms with van der Waals surface area (Å²) in [6, 6.07) is 27.2. The number of hydrazone groups is 1. The van der Waals surface area contributed by atoms with Crippen molar-refractivity contribution in [3.63, 3.8) is 0 Å². The Bertz CT molecular complexity index is 2230. The van der Waals surface area contributed by atoms with E-state index in [1.165, 1.54) is 52.4 Å². The van der Waals surface area contributed by atoms with Crippen LogP contribution in [0.2, 0.25) is 0 Å². The molecule has 4 aromatic carbocycles. The van der Waals surface area contributed by atoms with Crippen LogP contribution in [0, 0.1) is 0 Å². The molecule has 0 fully saturated rings. The fourth-order valence-corrected chi connectivity index (χ4v) is 7.18. The zero-order valence-corrected chi connectivity index (χ0v) is 26.5. The number of carbonyl (C=O) groups excluding carboxylic acids is 1. The molecule has 0 aliphatic carbocycles. The Morgan fingerprint density at radius 2 is 1.74 bits per heavy atom. The molecule has 0 aliphatic rings. The number of nitrogens with zero attached hydrogens (tertiary/aromatic N) is 4. The molecule has 12 heteroatoms. The number of amides is 1. The van der Waals surface area contributed by atoms with Gasteiger partial charge >= 0.3 is 0 Å². The fraction of sp³-hybridized carbons (Fsp3) is 0.118. The van der Waals surface area contributed by atoms with Gasteiger partial charge in [0.25, 0.3) is 5.91 Å². The number of methoxy groups -OCH3 is 1. The summed E-state index contributed by atoms with van der Waals surface area (Å²) < 4.78 is 40.1. The van der Waals surface area contributed by atoms with Crippen molar-refractivity contribution in [2.45, 2.75) is 18.4 Å². The van der Waals surface area contributed by atoms with E-state index >= 15 is 0 Å². The molecule has 0 unspecified atom stereocenters. The highest BCUT2D eigenvalue weighted by Crippen LogP contribution is 2.32. The molecule has 0 aliphatic heterocycles. The van der Waals surface area contributed by atoms with Crippen LogP contribution in [-0.2, 0) is 16.6 Å². The van der Waals surface area contributed by atoms with Gasteiger partial charge in [0.05, 0.1) is 39.4 Å². The summed E-state index contributed by atoms with van der Waals surface area (Å²) in [6.45, 7) is 2.26. The Labute approximate surface area is 268 Å². The number of para-hydroxylation sites is 1. The lowest BCUT2D eigenvalue weighted by molar-refractivity contribution is 0.0987. The molecule has 0 N–H and O–H groups in total. The van der Waals surface area contributed by atoms with Gasteiger partial charge in [0.15, 0.2) is 0 Å². The molecule has 2 aromatic heterocycles. The standard InChI is InChI=1S/C34H28N4O6S2/c1-3-37(21-23-9-5-4-6-10-23)46(41,42)27-16-13-24(14-17-27)33(40)38(34-36-29-18-15-26(43-2)19-31(29)45-34)35-20-25-22-44-30-12-8-7-11-28(30)32(25)39/h4-20,22H,3,21H2,1-2H3/b35-20+. The normalized spacial score (nSPS) is 11.9. The largest absolute Gasteiger partial charge is 0.497 e. The number of ether oxygens (including phenoxy) is 1. The number of fused-ring (bicyclic) bond motifs is 2. The molecule has 6 rings (SSSR count). The molecular weight excluding hydrogens is 625 g/mol. The van der Waals surface area contributed by atoms with E-state index in [2.05, 4.69) is 10.1 Å². The highest BCUT2D eigenvalue weighted by atomic mass is 32.2. The third-order valence-corrected chi connectivity index (χ3v) is 10.2. The van der Waals surface area contributed by atoms with Gasteiger partial charge in [-0.25, -0.2) is 13.4 Å². The maximum absolute atomic E-state index is 13.9. The Morgan fingerprint density at radius 1 is 1.00 bits per heavy atom. The molecule has 6 aromatic rings. The van der Waals surface area contributed by atoms with Gasteiger partial charge in [0, 0.05) is 18.7 Å². The van der Waals surface area contributed by atoms with Gasteiger partial charge in [0.2, 0.25) is 20.6 Å². The molecule has 0 spiro atoms. The van der Waals surface area contributed by atoms with Crippen molar-refractivity contribution in [1.29, 1.82) is 0 Å². The van der Waals surface area contributed by atoms with Crippen molar-refractivity contribution in [2.24, 2.45) is 5.10 Å². The molecule has 2 heterocycles. The first-order valence-corrected chi connectivity index (χ1v) is 16.5. The number of carbonyl (C=O) groups is 1. The van der Waals surface area contributed by atoms with Gasteiger partial charge in [-0.1, -0.05) is 60.7 Å². The van der Waals surface area contributed by atoms with Crippen molar-refractivity contribution in [3.8, 4) is 5.75 Å². The topological polar surface area (TPSA) is 122 Å². The van der Waals surface area contributed by atoms with Gasteiger partial charge in [-0.15, -0.1) is 0 Å². The number of aromatic nitrogens is 1. The Hall–Kier alpha value is -5.17. The second-order valence-electron chi connectivity index (χ2n) is 10.1. The SMILES string of the molecule is CCN(Cc1ccccc1)S(=O)(=O)c1ccc(C(=O)N(/N=C/c2coc3ccccc3c2=O)c2nc3ccc(OC)cc3s2)cc1. The van der Waals surface area contributed by atoms with Crippen LogP contribution >= 0.6 is 11.3 Å². The number of hydrogen-bond acceptors (Lipinski definition) is 9. The molecule has 0 atom stereocenters. The van der Waals surface area contributed by atoms with Crippen molar-refractivity contribution in [3.05, 3.63) is 130 Å². The van der Waals surface area contributed by atoms with Crippen LogP contribution in [0.1, 0.15) is 28.4 Å². The van der Waals surface area contributed by atoms with E-state index in [4.69, 9.17) is 9.15 Å². The van der Waals surface area contributed by atoms with Gasteiger partial charge < -0.3 is 9.15 Å². The summed E-state index contributed by atoms with van der Waals surface area (Å²) in [7, 11) is -2.29. The Kier molecular flexibility index (Phi) is 8.75. The molecule has 232 valence electrons. The summed E-state index contributed by atoms with van der Waals surface area (Å²) in [6.07, 6.45) is 2.54. The minimum atomic E-state index is -3.85. The first-order chi connectivity index (χ1) is 22.3. The molecule has 46 heavy (non-hydrogen) atoms. The van der Waals surface area contributed by atoms with Crippen molar-refractivity contribution >= 4 is 59.8 Å². The first-order valence-electron chi connectivity index (χ1n) is 14.3. The van der Waals surface area contributed by atoms with Crippen LogP contribution in [-0.4, -0.2) is 43.5 Å². The quantitative estimate of drug-likeness (QED) is 0.126. The number of thiazole rings is 1. The first kappa shape index (κ1) is 30.8. The number of hydrogen-bond donors (Lipinski definition) is 0. The van der Waals surface area contributed by atoms with E-state index in [9.17, 15) is 18.0 Å². The second-order valence-corrected chi connectivity index (χ2v) is 13.1. The van der Waals surface area contributed by atoms with Crippen LogP contribution in [0.3, 0.4) is 0 Å². The zero-order chi connectivity index (χ0) is 32.3. The number of benzene rings is 4. The number of rotatable bonds is 10. The lowest BCUT2D eigenvalue weighted by atomic mass is 10.2. The molecule has 0 saturated carbocycles. The van der Waals surface area contributed by atoms with E-state index in [0.717, 1.165) is 15.3 Å². The predicted molar refractivity (Wildman–Crippen MR) is 179 cm³/mol. The lowest BCUT2D eigenvalue weighted by Gasteiger charge is -2.21. The van der Waals surface area contributed by atoms with Crippen molar-refractivity contribution < 1.29 is 22.4 Å². The summed E-state index contributed by atoms with van der Waals surface area (Å²) in [4.78, 5) is 31.7. The molecular formula is C34H28N4O6S2. The predicted octanol–water partition coefficient (Wildman–Crippen LogP) is 6.30. The van der Waals surface area contributed by atoms with E-state index in [1.54, 1.807) is 56.5 Å². The maximum atomic E-state index is 13.9. The van der Waals surface area contributed by atoms with Crippen LogP contribution in [0.25, 0.3) is 21.2 Å². The average molecular weight is 653 g/mol. The van der Waals surface area contributed by atoms with Crippen LogP contribution in [0.4, 0.5) is 5.13 Å². The van der Waals surface area contributed by atoms with Gasteiger partial charge in [-0.3, -0.25) is 9.59 Å². The van der Waals surface area contributed by atoms with Crippen LogP contribution < -0.4 is 15.2 Å². The van der Waals surface area contributed by atoms with Gasteiger partial charge in [-0.2, -0.15) is 14.4 Å². The number of sulfonamides is 1. The lowest BCUT2D eigenvalue weighted by Crippen LogP contribution is -2.30. The highest BCUT2D eigenvalue weighted by Gasteiger charge is 2.26. The van der Waals surface area contributed by atoms with E-state index in [0.29, 0.717) is 22.2 Å². The van der Waals surface area contributed by atoms with Crippen molar-refractivity contribution in [1.82, 2.24) is 9.29 Å². The monoisotopic (exact) mass is 652 g/mol. The molecule has 0 radical (unpaired) electrons. The molecule has 10 nitrogen and oxygen atoms in total. The molecule has 0 bridgehead atoms. The summed E-state index contributed by atoms with van der Waals surface area (Å²) in [5.74, 6) is 0.0519. The minimum Gasteiger partial charge on any atom is -0.497 e. The molecule has 0 saturated heterocycles. The van der Waals surface area contributed by atoms with Crippen LogP contribution in [0.5, 0.6) is 5.75 Å². The van der Waals surface area contributed by atoms with E-state index < -0.39 is 15.9 Å². The van der Waals surface area contributed by atoms with E-state index in [1.807, 2.05) is 30.3 Å². The molecule has 1 amide bonds. The van der Waals surface area contributed by atoms with Crippen LogP contribution in [0.15, 0.2) is 123 Å². The summed E-state index contributed by atoms with van der Waals surface area (Å²) in [5.41, 5.74) is 1.92. The van der Waals surface area contributed by atoms with Crippen molar-refractivity contribution in [2.75, 3.05) is 18.7 Å². The number of anilines is 1. The minimum absolute atomic E-state index is 0.0535. The highest BCUT2D eigenvalue weighted by molar-refractivity contribution is 7.89. The third kappa shape index (κ3) is 6.18. The third-order valence-electron chi connectivity index (χ3n) is 7.27. The average Bonchev–Trinajstić information content (AvgIpc) is 3.51. The Morgan fingerprint density at radius 3 is 2.48 bits per heavy atom.